The molecule has 0 unspecified atom stereocenters. The Morgan fingerprint density at radius 2 is 2.04 bits per heavy atom. The summed E-state index contributed by atoms with van der Waals surface area (Å²) >= 11 is 0. The van der Waals surface area contributed by atoms with Crippen molar-refractivity contribution in [3.05, 3.63) is 39.9 Å². The van der Waals surface area contributed by atoms with Gasteiger partial charge in [0.1, 0.15) is 33.6 Å². The Balaban J connectivity index is 1.86. The van der Waals surface area contributed by atoms with Crippen molar-refractivity contribution < 1.29 is 23.1 Å². The van der Waals surface area contributed by atoms with E-state index in [-0.39, 0.29) is 28.7 Å². The highest BCUT2D eigenvalue weighted by molar-refractivity contribution is 6.05. The van der Waals surface area contributed by atoms with Gasteiger partial charge in [-0.15, -0.1) is 0 Å². The van der Waals surface area contributed by atoms with Gasteiger partial charge in [0.05, 0.1) is 38.5 Å². The molecule has 136 valence electrons. The Morgan fingerprint density at radius 3 is 2.77 bits per heavy atom. The number of hydrogen-bond donors (Lipinski definition) is 0. The highest BCUT2D eigenvalue weighted by atomic mass is 16.5. The molecule has 7 nitrogen and oxygen atoms in total. The fourth-order valence-corrected chi connectivity index (χ4v) is 3.43. The molecule has 3 heterocycles. The summed E-state index contributed by atoms with van der Waals surface area (Å²) in [6.07, 6.45) is 1.52. The van der Waals surface area contributed by atoms with Crippen LogP contribution in [0.5, 0.6) is 5.75 Å². The van der Waals surface area contributed by atoms with Gasteiger partial charge in [0.25, 0.3) is 0 Å². The first-order valence-corrected chi connectivity index (χ1v) is 8.45. The normalized spacial score (nSPS) is 15.6. The average Bonchev–Trinajstić information content (AvgIpc) is 3.08. The number of Topliss-reactive ketones (excluding diaryl/α,β-unsaturated/α-hetero) is 1. The topological polar surface area (TPSA) is 82.1 Å². The smallest absolute Gasteiger partial charge is 0.207 e. The predicted molar refractivity (Wildman–Crippen MR) is 95.1 cm³/mol. The van der Waals surface area contributed by atoms with Crippen LogP contribution in [0.15, 0.2) is 32.0 Å². The lowest BCUT2D eigenvalue weighted by molar-refractivity contribution is 0.0370. The molecule has 26 heavy (non-hydrogen) atoms. The Hall–Kier alpha value is -2.64. The van der Waals surface area contributed by atoms with Crippen molar-refractivity contribution in [3.63, 3.8) is 0 Å². The minimum Gasteiger partial charge on any atom is -0.495 e. The molecule has 0 amide bonds. The molecule has 0 radical (unpaired) electrons. The van der Waals surface area contributed by atoms with Gasteiger partial charge in [-0.25, -0.2) is 0 Å². The quantitative estimate of drug-likeness (QED) is 0.663. The van der Waals surface area contributed by atoms with Gasteiger partial charge in [-0.1, -0.05) is 0 Å². The van der Waals surface area contributed by atoms with Gasteiger partial charge in [-0.2, -0.15) is 0 Å². The molecule has 0 bridgehead atoms. The molecule has 1 fully saturated rings. The summed E-state index contributed by atoms with van der Waals surface area (Å²) in [6, 6.07) is 3.37. The molecule has 3 aromatic rings. The molecular formula is C19H19NO6. The van der Waals surface area contributed by atoms with Crippen LogP contribution in [0.4, 0.5) is 0 Å². The first kappa shape index (κ1) is 16.8. The van der Waals surface area contributed by atoms with E-state index in [1.54, 1.807) is 19.1 Å². The van der Waals surface area contributed by atoms with Crippen molar-refractivity contribution in [2.45, 2.75) is 6.92 Å². The number of furan rings is 1. The minimum atomic E-state index is -0.373. The van der Waals surface area contributed by atoms with Gasteiger partial charge in [0.15, 0.2) is 5.78 Å². The maximum absolute atomic E-state index is 13.1. The number of methoxy groups -OCH3 is 1. The number of carbonyl (C=O) groups excluding carboxylic acids is 1. The number of aryl methyl sites for hydroxylation is 1. The summed E-state index contributed by atoms with van der Waals surface area (Å²) in [7, 11) is 1.48. The van der Waals surface area contributed by atoms with E-state index >= 15 is 0 Å². The lowest BCUT2D eigenvalue weighted by Gasteiger charge is -2.25. The zero-order valence-corrected chi connectivity index (χ0v) is 14.7. The van der Waals surface area contributed by atoms with E-state index < -0.39 is 0 Å². The number of carbonyl (C=O) groups is 1. The summed E-state index contributed by atoms with van der Waals surface area (Å²) < 4.78 is 21.9. The molecule has 0 spiro atoms. The third kappa shape index (κ3) is 2.69. The molecule has 0 atom stereocenters. The predicted octanol–water partition coefficient (Wildman–Crippen LogP) is 2.37. The Bertz CT molecular complexity index is 1040. The molecule has 7 heteroatoms. The van der Waals surface area contributed by atoms with Crippen LogP contribution < -0.4 is 10.2 Å². The maximum atomic E-state index is 13.1. The van der Waals surface area contributed by atoms with E-state index in [0.29, 0.717) is 54.4 Å². The third-order valence-electron chi connectivity index (χ3n) is 4.70. The molecule has 1 aliphatic rings. The van der Waals surface area contributed by atoms with Crippen molar-refractivity contribution in [2.75, 3.05) is 40.0 Å². The fourth-order valence-electron chi connectivity index (χ4n) is 3.43. The summed E-state index contributed by atoms with van der Waals surface area (Å²) in [4.78, 5) is 27.9. The SMILES string of the molecule is COc1c2ccoc2cc2oc(C)c(C(=O)CN3CCOCC3)c(=O)c12. The molecule has 2 aromatic heterocycles. The summed E-state index contributed by atoms with van der Waals surface area (Å²) in [5.41, 5.74) is 0.603. The minimum absolute atomic E-state index is 0.0742. The molecule has 0 aliphatic carbocycles. The van der Waals surface area contributed by atoms with E-state index in [4.69, 9.17) is 18.3 Å². The number of rotatable bonds is 4. The largest absolute Gasteiger partial charge is 0.495 e. The van der Waals surface area contributed by atoms with Crippen LogP contribution in [0.1, 0.15) is 16.1 Å². The van der Waals surface area contributed by atoms with Gasteiger partial charge < -0.3 is 18.3 Å². The second kappa shape index (κ2) is 6.59. The van der Waals surface area contributed by atoms with Crippen LogP contribution in [-0.4, -0.2) is 50.6 Å². The van der Waals surface area contributed by atoms with E-state index in [9.17, 15) is 9.59 Å². The first-order valence-electron chi connectivity index (χ1n) is 8.45. The number of hydrogen-bond acceptors (Lipinski definition) is 7. The van der Waals surface area contributed by atoms with Crippen molar-refractivity contribution in [1.82, 2.24) is 4.90 Å². The van der Waals surface area contributed by atoms with Gasteiger partial charge in [-0.3, -0.25) is 14.5 Å². The molecular weight excluding hydrogens is 338 g/mol. The van der Waals surface area contributed by atoms with Crippen LogP contribution in [-0.2, 0) is 4.74 Å². The van der Waals surface area contributed by atoms with Crippen LogP contribution in [0.2, 0.25) is 0 Å². The molecule has 4 rings (SSSR count). The Kier molecular flexibility index (Phi) is 4.26. The highest BCUT2D eigenvalue weighted by Gasteiger charge is 2.25. The standard InChI is InChI=1S/C19H19NO6/c1-11-16(13(21)10-20-4-7-24-8-5-20)18(22)17-15(26-11)9-14-12(3-6-25-14)19(17)23-2/h3,6,9H,4-5,7-8,10H2,1-2H3. The second-order valence-corrected chi connectivity index (χ2v) is 6.29. The summed E-state index contributed by atoms with van der Waals surface area (Å²) in [5, 5.41) is 0.931. The third-order valence-corrected chi connectivity index (χ3v) is 4.70. The number of fused-ring (bicyclic) bond motifs is 2. The molecule has 1 aliphatic heterocycles. The lowest BCUT2D eigenvalue weighted by atomic mass is 10.0. The van der Waals surface area contributed by atoms with E-state index in [0.717, 1.165) is 0 Å². The van der Waals surface area contributed by atoms with Gasteiger partial charge >= 0.3 is 0 Å². The molecule has 1 aromatic carbocycles. The molecule has 0 saturated carbocycles. The van der Waals surface area contributed by atoms with Gasteiger partial charge in [0.2, 0.25) is 5.43 Å². The number of nitrogens with zero attached hydrogens (tertiary/aromatic N) is 1. The Labute approximate surface area is 149 Å². The fraction of sp³-hybridized carbons (Fsp3) is 0.368. The lowest BCUT2D eigenvalue weighted by Crippen LogP contribution is -2.40. The van der Waals surface area contributed by atoms with Crippen LogP contribution in [0.3, 0.4) is 0 Å². The van der Waals surface area contributed by atoms with Crippen molar-refractivity contribution in [1.29, 1.82) is 0 Å². The molecule has 0 N–H and O–H groups in total. The summed E-state index contributed by atoms with van der Waals surface area (Å²) in [5.74, 6) is 0.406. The van der Waals surface area contributed by atoms with E-state index in [1.165, 1.54) is 13.4 Å². The van der Waals surface area contributed by atoms with Crippen LogP contribution in [0.25, 0.3) is 21.9 Å². The van der Waals surface area contributed by atoms with Crippen molar-refractivity contribution >= 4 is 27.7 Å². The zero-order valence-electron chi connectivity index (χ0n) is 14.7. The number of ether oxygens (including phenoxy) is 2. The monoisotopic (exact) mass is 357 g/mol. The van der Waals surface area contributed by atoms with Gasteiger partial charge in [0, 0.05) is 19.2 Å². The number of ketones is 1. The number of morpholine rings is 1. The Morgan fingerprint density at radius 1 is 1.27 bits per heavy atom. The van der Waals surface area contributed by atoms with Gasteiger partial charge in [-0.05, 0) is 13.0 Å². The maximum Gasteiger partial charge on any atom is 0.207 e. The first-order chi connectivity index (χ1) is 12.6. The molecule has 1 saturated heterocycles. The zero-order chi connectivity index (χ0) is 18.3. The van der Waals surface area contributed by atoms with E-state index in [2.05, 4.69) is 0 Å². The van der Waals surface area contributed by atoms with Crippen molar-refractivity contribution in [2.24, 2.45) is 0 Å². The highest BCUT2D eigenvalue weighted by Crippen LogP contribution is 2.34. The van der Waals surface area contributed by atoms with Crippen LogP contribution >= 0.6 is 0 Å². The summed E-state index contributed by atoms with van der Waals surface area (Å²) in [6.45, 7) is 4.31. The number of benzene rings is 1. The van der Waals surface area contributed by atoms with E-state index in [1.807, 2.05) is 4.90 Å². The average molecular weight is 357 g/mol. The van der Waals surface area contributed by atoms with Crippen LogP contribution in [0, 0.1) is 6.92 Å². The van der Waals surface area contributed by atoms with Crippen molar-refractivity contribution in [3.8, 4) is 5.75 Å². The second-order valence-electron chi connectivity index (χ2n) is 6.29.